The van der Waals surface area contributed by atoms with Crippen LogP contribution in [0.5, 0.6) is 11.5 Å². The molecule has 0 unspecified atom stereocenters. The minimum Gasteiger partial charge on any atom is -0.456 e. The van der Waals surface area contributed by atoms with Crippen molar-refractivity contribution in [3.63, 3.8) is 0 Å². The molecule has 1 aliphatic rings. The highest BCUT2D eigenvalue weighted by Crippen LogP contribution is 2.50. The molecule has 1 nitrogen and oxygen atoms in total. The van der Waals surface area contributed by atoms with E-state index in [0.29, 0.717) is 0 Å². The zero-order valence-electron chi connectivity index (χ0n) is 28.9. The second kappa shape index (κ2) is 11.8. The lowest BCUT2D eigenvalue weighted by molar-refractivity contribution is 0.487. The van der Waals surface area contributed by atoms with Crippen LogP contribution in [0.3, 0.4) is 0 Å². The molecule has 0 bridgehead atoms. The summed E-state index contributed by atoms with van der Waals surface area (Å²) in [5, 5.41) is 9.90. The first-order valence-corrected chi connectivity index (χ1v) is 18.2. The second-order valence-corrected chi connectivity index (χ2v) is 14.0. The molecule has 0 N–H and O–H groups in total. The molecule has 0 aromatic heterocycles. The Labute approximate surface area is 308 Å². The van der Waals surface area contributed by atoms with Gasteiger partial charge in [-0.25, -0.2) is 0 Å². The average molecular weight is 673 g/mol. The van der Waals surface area contributed by atoms with Gasteiger partial charge < -0.3 is 4.74 Å². The normalized spacial score (nSPS) is 11.9. The fourth-order valence-electron chi connectivity index (χ4n) is 8.56. The number of fused-ring (bicyclic) bond motifs is 6. The van der Waals surface area contributed by atoms with Crippen LogP contribution < -0.4 is 4.74 Å². The number of hydrogen-bond donors (Lipinski definition) is 0. The van der Waals surface area contributed by atoms with Crippen molar-refractivity contribution in [1.82, 2.24) is 0 Å². The van der Waals surface area contributed by atoms with E-state index < -0.39 is 0 Å². The van der Waals surface area contributed by atoms with E-state index in [1.165, 1.54) is 82.2 Å². The molecule has 53 heavy (non-hydrogen) atoms. The molecular formula is C52H32O. The van der Waals surface area contributed by atoms with Gasteiger partial charge in [-0.05, 0) is 130 Å². The van der Waals surface area contributed by atoms with Crippen LogP contribution in [-0.2, 0) is 0 Å². The van der Waals surface area contributed by atoms with Crippen molar-refractivity contribution < 1.29 is 4.74 Å². The van der Waals surface area contributed by atoms with Gasteiger partial charge in [-0.3, -0.25) is 0 Å². The molecule has 0 amide bonds. The van der Waals surface area contributed by atoms with E-state index in [1.54, 1.807) is 0 Å². The first kappa shape index (κ1) is 29.7. The van der Waals surface area contributed by atoms with Gasteiger partial charge in [0.05, 0.1) is 0 Å². The Morgan fingerprint density at radius 1 is 0.264 bits per heavy atom. The summed E-state index contributed by atoms with van der Waals surface area (Å²) in [7, 11) is 0. The summed E-state index contributed by atoms with van der Waals surface area (Å²) in [5.41, 5.74) is 11.9. The molecule has 10 aromatic carbocycles. The fourth-order valence-corrected chi connectivity index (χ4v) is 8.56. The molecule has 0 spiro atoms. The van der Waals surface area contributed by atoms with Crippen LogP contribution in [0.15, 0.2) is 194 Å². The molecule has 11 rings (SSSR count). The Hall–Kier alpha value is -6.96. The quantitative estimate of drug-likeness (QED) is 0.134. The largest absolute Gasteiger partial charge is 0.456 e. The smallest absolute Gasteiger partial charge is 0.135 e. The lowest BCUT2D eigenvalue weighted by atomic mass is 9.86. The van der Waals surface area contributed by atoms with E-state index in [-0.39, 0.29) is 0 Å². The first-order valence-electron chi connectivity index (χ1n) is 18.2. The van der Waals surface area contributed by atoms with Gasteiger partial charge >= 0.3 is 0 Å². The summed E-state index contributed by atoms with van der Waals surface area (Å²) in [4.78, 5) is 0. The highest BCUT2D eigenvalue weighted by Gasteiger charge is 2.23. The Morgan fingerprint density at radius 3 is 1.74 bits per heavy atom. The average Bonchev–Trinajstić information content (AvgIpc) is 3.23. The monoisotopic (exact) mass is 672 g/mol. The van der Waals surface area contributed by atoms with E-state index >= 15 is 0 Å². The molecule has 1 heterocycles. The Bertz CT molecular complexity index is 3070. The molecule has 0 radical (unpaired) electrons. The highest BCUT2D eigenvalue weighted by molar-refractivity contribution is 6.22. The zero-order chi connectivity index (χ0) is 34.9. The van der Waals surface area contributed by atoms with E-state index in [9.17, 15) is 0 Å². The lowest BCUT2D eigenvalue weighted by Crippen LogP contribution is -1.98. The van der Waals surface area contributed by atoms with Gasteiger partial charge in [0.15, 0.2) is 0 Å². The maximum Gasteiger partial charge on any atom is 0.135 e. The highest BCUT2D eigenvalue weighted by atomic mass is 16.5. The SMILES string of the molecule is c1ccc(-c2cc(-c3ccc4c(c3)-c3cccc5c(-c6ccccc6)ccc(c35)O4)cc(-c3c4ccccc4cc4ccc5ccccc5c34)c2)cc1. The van der Waals surface area contributed by atoms with Gasteiger partial charge in [-0.2, -0.15) is 0 Å². The van der Waals surface area contributed by atoms with E-state index in [2.05, 4.69) is 194 Å². The molecule has 0 saturated heterocycles. The summed E-state index contributed by atoms with van der Waals surface area (Å²) in [6.45, 7) is 0. The predicted octanol–water partition coefficient (Wildman–Crippen LogP) is 14.7. The van der Waals surface area contributed by atoms with E-state index in [0.717, 1.165) is 28.0 Å². The number of rotatable bonds is 4. The minimum atomic E-state index is 0.882. The maximum atomic E-state index is 6.65. The molecular weight excluding hydrogens is 641 g/mol. The summed E-state index contributed by atoms with van der Waals surface area (Å²) in [6, 6.07) is 70.6. The predicted molar refractivity (Wildman–Crippen MR) is 224 cm³/mol. The molecule has 10 aromatic rings. The van der Waals surface area contributed by atoms with Crippen LogP contribution in [0.1, 0.15) is 0 Å². The van der Waals surface area contributed by atoms with Crippen LogP contribution in [0.25, 0.3) is 98.7 Å². The maximum absolute atomic E-state index is 6.65. The van der Waals surface area contributed by atoms with Crippen molar-refractivity contribution in [3.05, 3.63) is 194 Å². The standard InChI is InChI=1S/C52H32O/c1-3-12-33(13-4-1)39-29-40(31-41(30-39)51-44-19-10-8-17-37(44)28-38-23-22-35-16-7-9-18-43(35)50(38)51)36-24-26-48-47(32-36)46-21-11-20-45-42(34-14-5-2-6-15-34)25-27-49(53-48)52(45)46/h1-32H. The van der Waals surface area contributed by atoms with Crippen LogP contribution in [0, 0.1) is 0 Å². The molecule has 1 aliphatic heterocycles. The van der Waals surface area contributed by atoms with Crippen molar-refractivity contribution in [2.24, 2.45) is 0 Å². The second-order valence-electron chi connectivity index (χ2n) is 14.0. The van der Waals surface area contributed by atoms with Gasteiger partial charge in [0.1, 0.15) is 11.5 Å². The Kier molecular flexibility index (Phi) is 6.62. The number of benzene rings is 10. The topological polar surface area (TPSA) is 9.23 Å². The molecule has 0 fully saturated rings. The van der Waals surface area contributed by atoms with Crippen LogP contribution in [-0.4, -0.2) is 0 Å². The fraction of sp³-hybridized carbons (Fsp3) is 0. The summed E-state index contributed by atoms with van der Waals surface area (Å²) >= 11 is 0. The van der Waals surface area contributed by atoms with Crippen molar-refractivity contribution in [1.29, 1.82) is 0 Å². The third kappa shape index (κ3) is 4.79. The van der Waals surface area contributed by atoms with Crippen molar-refractivity contribution in [3.8, 4) is 67.1 Å². The molecule has 0 atom stereocenters. The third-order valence-electron chi connectivity index (χ3n) is 11.0. The summed E-state index contributed by atoms with van der Waals surface area (Å²) in [5.74, 6) is 1.78. The van der Waals surface area contributed by atoms with E-state index in [4.69, 9.17) is 4.74 Å². The third-order valence-corrected chi connectivity index (χ3v) is 11.0. The Balaban J connectivity index is 1.16. The molecule has 246 valence electrons. The van der Waals surface area contributed by atoms with Gasteiger partial charge in [0.2, 0.25) is 0 Å². The number of hydrogen-bond acceptors (Lipinski definition) is 1. The summed E-state index contributed by atoms with van der Waals surface area (Å²) < 4.78 is 6.65. The van der Waals surface area contributed by atoms with Gasteiger partial charge in [-0.15, -0.1) is 0 Å². The summed E-state index contributed by atoms with van der Waals surface area (Å²) in [6.07, 6.45) is 0. The van der Waals surface area contributed by atoms with Crippen LogP contribution >= 0.6 is 0 Å². The van der Waals surface area contributed by atoms with Gasteiger partial charge in [0.25, 0.3) is 0 Å². The van der Waals surface area contributed by atoms with Crippen molar-refractivity contribution >= 4 is 43.1 Å². The molecule has 0 aliphatic carbocycles. The minimum absolute atomic E-state index is 0.882. The van der Waals surface area contributed by atoms with Crippen molar-refractivity contribution in [2.75, 3.05) is 0 Å². The van der Waals surface area contributed by atoms with Gasteiger partial charge in [-0.1, -0.05) is 152 Å². The first-order chi connectivity index (χ1) is 26.3. The van der Waals surface area contributed by atoms with Crippen LogP contribution in [0.4, 0.5) is 0 Å². The zero-order valence-corrected chi connectivity index (χ0v) is 28.9. The van der Waals surface area contributed by atoms with E-state index in [1.807, 2.05) is 0 Å². The molecule has 1 heteroatoms. The van der Waals surface area contributed by atoms with Gasteiger partial charge in [0, 0.05) is 10.9 Å². The van der Waals surface area contributed by atoms with Crippen LogP contribution in [0.2, 0.25) is 0 Å². The lowest BCUT2D eigenvalue weighted by Gasteiger charge is -2.23. The number of ether oxygens (including phenoxy) is 1. The molecule has 0 saturated carbocycles. The Morgan fingerprint density at radius 2 is 0.906 bits per heavy atom. The van der Waals surface area contributed by atoms with Crippen molar-refractivity contribution in [2.45, 2.75) is 0 Å².